The molecule has 1 aromatic rings. The Morgan fingerprint density at radius 3 is 2.95 bits per heavy atom. The maximum atomic E-state index is 11.5. The first-order chi connectivity index (χ1) is 9.16. The Labute approximate surface area is 112 Å². The zero-order chi connectivity index (χ0) is 13.4. The summed E-state index contributed by atoms with van der Waals surface area (Å²) in [5, 5.41) is 9.46. The summed E-state index contributed by atoms with van der Waals surface area (Å²) in [5.74, 6) is 0.320. The van der Waals surface area contributed by atoms with E-state index in [-0.39, 0.29) is 0 Å². The number of aromatic nitrogens is 2. The number of nitrogens with zero attached hydrogens (tertiary/aromatic N) is 3. The maximum Gasteiger partial charge on any atom is 0.326 e. The predicted octanol–water partition coefficient (Wildman–Crippen LogP) is 2.01. The molecule has 2 fully saturated rings. The molecular weight excluding hydrogens is 242 g/mol. The van der Waals surface area contributed by atoms with Gasteiger partial charge in [0.05, 0.1) is 0 Å². The van der Waals surface area contributed by atoms with Gasteiger partial charge in [0.15, 0.2) is 0 Å². The van der Waals surface area contributed by atoms with Gasteiger partial charge in [0, 0.05) is 17.9 Å². The van der Waals surface area contributed by atoms with Crippen LogP contribution < -0.4 is 4.90 Å². The molecule has 5 heteroatoms. The second-order valence-electron chi connectivity index (χ2n) is 5.61. The Morgan fingerprint density at radius 2 is 2.21 bits per heavy atom. The molecule has 5 nitrogen and oxygen atoms in total. The molecule has 2 aliphatic rings. The summed E-state index contributed by atoms with van der Waals surface area (Å²) in [4.78, 5) is 22.2. The number of aryl methyl sites for hydroxylation is 1. The predicted molar refractivity (Wildman–Crippen MR) is 71.0 cm³/mol. The topological polar surface area (TPSA) is 66.3 Å². The van der Waals surface area contributed by atoms with Crippen molar-refractivity contribution in [2.45, 2.75) is 51.1 Å². The van der Waals surface area contributed by atoms with Crippen LogP contribution in [0.5, 0.6) is 0 Å². The van der Waals surface area contributed by atoms with E-state index < -0.39 is 12.0 Å². The molecule has 1 aromatic heterocycles. The van der Waals surface area contributed by atoms with Crippen LogP contribution in [0.15, 0.2) is 12.3 Å². The van der Waals surface area contributed by atoms with E-state index in [1.165, 1.54) is 12.8 Å². The summed E-state index contributed by atoms with van der Waals surface area (Å²) in [7, 11) is 0. The number of aliphatic carboxylic acids is 1. The van der Waals surface area contributed by atoms with Crippen molar-refractivity contribution in [3.05, 3.63) is 18.0 Å². The molecule has 1 saturated carbocycles. The SMILES string of the molecule is Cc1ccnc(N2C(C(=O)O)CC3CCCCC32)n1. The lowest BCUT2D eigenvalue weighted by molar-refractivity contribution is -0.138. The first-order valence-corrected chi connectivity index (χ1v) is 6.97. The molecule has 1 aliphatic carbocycles. The molecule has 102 valence electrons. The van der Waals surface area contributed by atoms with E-state index in [9.17, 15) is 9.90 Å². The van der Waals surface area contributed by atoms with Crippen LogP contribution in [-0.4, -0.2) is 33.1 Å². The molecule has 1 saturated heterocycles. The van der Waals surface area contributed by atoms with Crippen molar-refractivity contribution in [3.63, 3.8) is 0 Å². The monoisotopic (exact) mass is 261 g/mol. The number of anilines is 1. The molecule has 0 radical (unpaired) electrons. The number of carbonyl (C=O) groups is 1. The lowest BCUT2D eigenvalue weighted by Gasteiger charge is -2.32. The second-order valence-corrected chi connectivity index (χ2v) is 5.61. The molecule has 19 heavy (non-hydrogen) atoms. The van der Waals surface area contributed by atoms with Crippen LogP contribution in [0.1, 0.15) is 37.8 Å². The third-order valence-corrected chi connectivity index (χ3v) is 4.39. The van der Waals surface area contributed by atoms with Gasteiger partial charge >= 0.3 is 5.97 Å². The normalized spacial score (nSPS) is 30.2. The fourth-order valence-electron chi connectivity index (χ4n) is 3.53. The Kier molecular flexibility index (Phi) is 3.12. The summed E-state index contributed by atoms with van der Waals surface area (Å²) in [6.07, 6.45) is 7.04. The zero-order valence-corrected chi connectivity index (χ0v) is 11.1. The standard InChI is InChI=1S/C14H19N3O2/c1-9-6-7-15-14(16-9)17-11-5-3-2-4-10(11)8-12(17)13(18)19/h6-7,10-12H,2-5,8H2,1H3,(H,18,19). The van der Waals surface area contributed by atoms with Crippen LogP contribution in [0.4, 0.5) is 5.95 Å². The van der Waals surface area contributed by atoms with Gasteiger partial charge in [-0.1, -0.05) is 12.8 Å². The summed E-state index contributed by atoms with van der Waals surface area (Å²) >= 11 is 0. The van der Waals surface area contributed by atoms with Crippen LogP contribution >= 0.6 is 0 Å². The minimum Gasteiger partial charge on any atom is -0.480 e. The fourth-order valence-corrected chi connectivity index (χ4v) is 3.53. The molecule has 0 aromatic carbocycles. The number of hydrogen-bond acceptors (Lipinski definition) is 4. The average Bonchev–Trinajstić information content (AvgIpc) is 2.78. The molecule has 1 aliphatic heterocycles. The van der Waals surface area contributed by atoms with Crippen LogP contribution in [0.2, 0.25) is 0 Å². The van der Waals surface area contributed by atoms with Crippen molar-refractivity contribution in [1.82, 2.24) is 9.97 Å². The van der Waals surface area contributed by atoms with Gasteiger partial charge in [-0.05, 0) is 38.2 Å². The molecule has 0 amide bonds. The van der Waals surface area contributed by atoms with Crippen molar-refractivity contribution >= 4 is 11.9 Å². The van der Waals surface area contributed by atoms with Crippen molar-refractivity contribution in [2.75, 3.05) is 4.90 Å². The van der Waals surface area contributed by atoms with Gasteiger partial charge < -0.3 is 10.0 Å². The number of carboxylic acid groups (broad SMARTS) is 1. The van der Waals surface area contributed by atoms with Crippen molar-refractivity contribution < 1.29 is 9.90 Å². The van der Waals surface area contributed by atoms with Gasteiger partial charge in [-0.15, -0.1) is 0 Å². The van der Waals surface area contributed by atoms with Crippen LogP contribution in [-0.2, 0) is 4.79 Å². The van der Waals surface area contributed by atoms with Gasteiger partial charge in [-0.25, -0.2) is 14.8 Å². The molecular formula is C14H19N3O2. The Balaban J connectivity index is 1.96. The van der Waals surface area contributed by atoms with E-state index in [1.54, 1.807) is 6.20 Å². The van der Waals surface area contributed by atoms with Crippen molar-refractivity contribution in [3.8, 4) is 0 Å². The van der Waals surface area contributed by atoms with E-state index in [4.69, 9.17) is 0 Å². The van der Waals surface area contributed by atoms with Gasteiger partial charge in [0.25, 0.3) is 0 Å². The quantitative estimate of drug-likeness (QED) is 0.882. The van der Waals surface area contributed by atoms with Gasteiger partial charge in [0.1, 0.15) is 6.04 Å². The lowest BCUT2D eigenvalue weighted by atomic mass is 9.85. The maximum absolute atomic E-state index is 11.5. The largest absolute Gasteiger partial charge is 0.480 e. The molecule has 3 unspecified atom stereocenters. The minimum absolute atomic E-state index is 0.302. The first kappa shape index (κ1) is 12.4. The molecule has 0 bridgehead atoms. The fraction of sp³-hybridized carbons (Fsp3) is 0.643. The average molecular weight is 261 g/mol. The third-order valence-electron chi connectivity index (χ3n) is 4.39. The van der Waals surface area contributed by atoms with Crippen LogP contribution in [0, 0.1) is 12.8 Å². The van der Waals surface area contributed by atoms with Crippen LogP contribution in [0.25, 0.3) is 0 Å². The highest BCUT2D eigenvalue weighted by Gasteiger charge is 2.46. The highest BCUT2D eigenvalue weighted by atomic mass is 16.4. The molecule has 1 N–H and O–H groups in total. The minimum atomic E-state index is -0.750. The second kappa shape index (κ2) is 4.79. The summed E-state index contributed by atoms with van der Waals surface area (Å²) in [5.41, 5.74) is 0.883. The number of fused-ring (bicyclic) bond motifs is 1. The highest BCUT2D eigenvalue weighted by molar-refractivity contribution is 5.78. The summed E-state index contributed by atoms with van der Waals surface area (Å²) in [6, 6.07) is 1.68. The van der Waals surface area contributed by atoms with Gasteiger partial charge in [-0.2, -0.15) is 0 Å². The number of carboxylic acids is 1. The number of rotatable bonds is 2. The van der Waals surface area contributed by atoms with E-state index in [0.29, 0.717) is 17.9 Å². The summed E-state index contributed by atoms with van der Waals surface area (Å²) < 4.78 is 0. The van der Waals surface area contributed by atoms with Gasteiger partial charge in [-0.3, -0.25) is 0 Å². The lowest BCUT2D eigenvalue weighted by Crippen LogP contribution is -2.43. The van der Waals surface area contributed by atoms with Crippen molar-refractivity contribution in [1.29, 1.82) is 0 Å². The Hall–Kier alpha value is -1.65. The van der Waals surface area contributed by atoms with Crippen LogP contribution in [0.3, 0.4) is 0 Å². The van der Waals surface area contributed by atoms with Crippen molar-refractivity contribution in [2.24, 2.45) is 5.92 Å². The van der Waals surface area contributed by atoms with Gasteiger partial charge in [0.2, 0.25) is 5.95 Å². The molecule has 3 atom stereocenters. The van der Waals surface area contributed by atoms with E-state index in [0.717, 1.165) is 25.0 Å². The van der Waals surface area contributed by atoms with E-state index in [1.807, 2.05) is 17.9 Å². The Bertz CT molecular complexity index is 491. The smallest absolute Gasteiger partial charge is 0.326 e. The first-order valence-electron chi connectivity index (χ1n) is 6.97. The molecule has 0 spiro atoms. The highest BCUT2D eigenvalue weighted by Crippen LogP contribution is 2.41. The third kappa shape index (κ3) is 2.17. The van der Waals surface area contributed by atoms with E-state index >= 15 is 0 Å². The number of hydrogen-bond donors (Lipinski definition) is 1. The zero-order valence-electron chi connectivity index (χ0n) is 11.1. The molecule has 2 heterocycles. The Morgan fingerprint density at radius 1 is 1.42 bits per heavy atom. The van der Waals surface area contributed by atoms with E-state index in [2.05, 4.69) is 9.97 Å². The molecule has 3 rings (SSSR count). The summed E-state index contributed by atoms with van der Waals surface area (Å²) in [6.45, 7) is 1.91.